The summed E-state index contributed by atoms with van der Waals surface area (Å²) in [5, 5.41) is 0. The number of halogens is 1. The fourth-order valence-electron chi connectivity index (χ4n) is 1.94. The fraction of sp³-hybridized carbons (Fsp3) is 0.188. The lowest BCUT2D eigenvalue weighted by atomic mass is 10.0. The summed E-state index contributed by atoms with van der Waals surface area (Å²) in [4.78, 5) is 11.8. The average Bonchev–Trinajstić information content (AvgIpc) is 2.41. The van der Waals surface area contributed by atoms with E-state index in [2.05, 4.69) is 34.1 Å². The minimum atomic E-state index is 0.178. The van der Waals surface area contributed by atoms with Gasteiger partial charge in [0.15, 0.2) is 5.78 Å². The largest absolute Gasteiger partial charge is 0.294 e. The van der Waals surface area contributed by atoms with Crippen LogP contribution in [-0.4, -0.2) is 5.78 Å². The van der Waals surface area contributed by atoms with E-state index in [1.165, 1.54) is 5.56 Å². The summed E-state index contributed by atoms with van der Waals surface area (Å²) in [7, 11) is 0. The van der Waals surface area contributed by atoms with Crippen LogP contribution < -0.4 is 0 Å². The van der Waals surface area contributed by atoms with Crippen LogP contribution in [0.25, 0.3) is 0 Å². The molecule has 0 aliphatic carbocycles. The van der Waals surface area contributed by atoms with Gasteiger partial charge in [-0.05, 0) is 33.5 Å². The SMILES string of the molecule is CCC(=O)c1cccc(Cc2ccccc2)c1Br. The molecule has 0 aromatic heterocycles. The molecule has 92 valence electrons. The zero-order valence-electron chi connectivity index (χ0n) is 10.3. The predicted octanol–water partition coefficient (Wildman–Crippen LogP) is 4.63. The van der Waals surface area contributed by atoms with Crippen LogP contribution in [0.2, 0.25) is 0 Å². The lowest BCUT2D eigenvalue weighted by Gasteiger charge is -2.08. The zero-order valence-corrected chi connectivity index (χ0v) is 11.9. The molecule has 0 atom stereocenters. The van der Waals surface area contributed by atoms with Crippen LogP contribution in [0.5, 0.6) is 0 Å². The van der Waals surface area contributed by atoms with Crippen molar-refractivity contribution in [2.24, 2.45) is 0 Å². The third-order valence-corrected chi connectivity index (χ3v) is 3.87. The Morgan fingerprint density at radius 3 is 2.44 bits per heavy atom. The predicted molar refractivity (Wildman–Crippen MR) is 78.0 cm³/mol. The van der Waals surface area contributed by atoms with Crippen molar-refractivity contribution in [3.05, 3.63) is 69.7 Å². The molecule has 0 fully saturated rings. The second kappa shape index (κ2) is 5.96. The van der Waals surface area contributed by atoms with Gasteiger partial charge in [-0.3, -0.25) is 4.79 Å². The van der Waals surface area contributed by atoms with Gasteiger partial charge >= 0.3 is 0 Å². The first kappa shape index (κ1) is 13.0. The summed E-state index contributed by atoms with van der Waals surface area (Å²) in [5.41, 5.74) is 3.19. The van der Waals surface area contributed by atoms with Gasteiger partial charge in [0.1, 0.15) is 0 Å². The van der Waals surface area contributed by atoms with Crippen LogP contribution in [0, 0.1) is 0 Å². The smallest absolute Gasteiger partial charge is 0.163 e. The molecular weight excluding hydrogens is 288 g/mol. The van der Waals surface area contributed by atoms with Gasteiger partial charge in [0, 0.05) is 16.5 Å². The van der Waals surface area contributed by atoms with Gasteiger partial charge in [-0.15, -0.1) is 0 Å². The Hall–Kier alpha value is -1.41. The summed E-state index contributed by atoms with van der Waals surface area (Å²) in [6, 6.07) is 16.2. The van der Waals surface area contributed by atoms with E-state index in [1.54, 1.807) is 0 Å². The van der Waals surface area contributed by atoms with Crippen molar-refractivity contribution >= 4 is 21.7 Å². The summed E-state index contributed by atoms with van der Waals surface area (Å²) in [5.74, 6) is 0.178. The van der Waals surface area contributed by atoms with Crippen molar-refractivity contribution in [2.75, 3.05) is 0 Å². The Morgan fingerprint density at radius 1 is 1.06 bits per heavy atom. The van der Waals surface area contributed by atoms with Crippen LogP contribution in [0.3, 0.4) is 0 Å². The fourth-order valence-corrected chi connectivity index (χ4v) is 2.56. The third-order valence-electron chi connectivity index (χ3n) is 2.94. The molecule has 1 nitrogen and oxygen atoms in total. The molecule has 0 saturated carbocycles. The van der Waals surface area contributed by atoms with Gasteiger partial charge in [0.05, 0.1) is 0 Å². The van der Waals surface area contributed by atoms with Crippen LogP contribution in [0.4, 0.5) is 0 Å². The number of carbonyl (C=O) groups is 1. The van der Waals surface area contributed by atoms with Crippen LogP contribution >= 0.6 is 15.9 Å². The number of hydrogen-bond donors (Lipinski definition) is 0. The van der Waals surface area contributed by atoms with Gasteiger partial charge < -0.3 is 0 Å². The molecule has 0 unspecified atom stereocenters. The first-order chi connectivity index (χ1) is 8.72. The third kappa shape index (κ3) is 2.88. The van der Waals surface area contributed by atoms with Crippen molar-refractivity contribution in [3.63, 3.8) is 0 Å². The van der Waals surface area contributed by atoms with Crippen LogP contribution in [0.15, 0.2) is 53.0 Å². The Balaban J connectivity index is 2.32. The van der Waals surface area contributed by atoms with E-state index in [4.69, 9.17) is 0 Å². The molecule has 2 rings (SSSR count). The van der Waals surface area contributed by atoms with E-state index in [-0.39, 0.29) is 5.78 Å². The minimum Gasteiger partial charge on any atom is -0.294 e. The molecule has 2 heteroatoms. The number of hydrogen-bond acceptors (Lipinski definition) is 1. The second-order valence-electron chi connectivity index (χ2n) is 4.22. The quantitative estimate of drug-likeness (QED) is 0.752. The van der Waals surface area contributed by atoms with E-state index in [1.807, 2.05) is 37.3 Å². The number of rotatable bonds is 4. The Labute approximate surface area is 116 Å². The Morgan fingerprint density at radius 2 is 1.78 bits per heavy atom. The lowest BCUT2D eigenvalue weighted by Crippen LogP contribution is -2.00. The maximum atomic E-state index is 11.8. The van der Waals surface area contributed by atoms with Crippen LogP contribution in [-0.2, 0) is 6.42 Å². The standard InChI is InChI=1S/C16H15BrO/c1-2-15(18)14-10-6-9-13(16(14)17)11-12-7-4-3-5-8-12/h3-10H,2,11H2,1H3. The van der Waals surface area contributed by atoms with Gasteiger partial charge in [0.2, 0.25) is 0 Å². The highest BCUT2D eigenvalue weighted by Gasteiger charge is 2.11. The minimum absolute atomic E-state index is 0.178. The molecule has 0 radical (unpaired) electrons. The highest BCUT2D eigenvalue weighted by atomic mass is 79.9. The molecule has 0 saturated heterocycles. The lowest BCUT2D eigenvalue weighted by molar-refractivity contribution is 0.0987. The van der Waals surface area contributed by atoms with Gasteiger partial charge in [0.25, 0.3) is 0 Å². The number of carbonyl (C=O) groups excluding carboxylic acids is 1. The first-order valence-corrected chi connectivity index (χ1v) is 6.86. The van der Waals surface area contributed by atoms with E-state index in [0.717, 1.165) is 22.0 Å². The molecule has 0 aliphatic rings. The molecule has 0 heterocycles. The van der Waals surface area contributed by atoms with E-state index in [9.17, 15) is 4.79 Å². The van der Waals surface area contributed by atoms with Gasteiger partial charge in [-0.1, -0.05) is 55.5 Å². The topological polar surface area (TPSA) is 17.1 Å². The molecule has 2 aromatic carbocycles. The monoisotopic (exact) mass is 302 g/mol. The first-order valence-electron chi connectivity index (χ1n) is 6.07. The summed E-state index contributed by atoms with van der Waals surface area (Å²) in [6.45, 7) is 1.89. The molecule has 18 heavy (non-hydrogen) atoms. The second-order valence-corrected chi connectivity index (χ2v) is 5.01. The summed E-state index contributed by atoms with van der Waals surface area (Å²) in [6.07, 6.45) is 1.37. The molecule has 0 bridgehead atoms. The maximum absolute atomic E-state index is 11.8. The van der Waals surface area contributed by atoms with Gasteiger partial charge in [-0.2, -0.15) is 0 Å². The Kier molecular flexibility index (Phi) is 4.32. The van der Waals surface area contributed by atoms with Crippen LogP contribution in [0.1, 0.15) is 34.8 Å². The Bertz CT molecular complexity index is 546. The van der Waals surface area contributed by atoms with Crippen molar-refractivity contribution in [1.29, 1.82) is 0 Å². The van der Waals surface area contributed by atoms with E-state index < -0.39 is 0 Å². The molecule has 0 spiro atoms. The van der Waals surface area contributed by atoms with Crippen molar-refractivity contribution in [1.82, 2.24) is 0 Å². The van der Waals surface area contributed by atoms with Crippen molar-refractivity contribution in [2.45, 2.75) is 19.8 Å². The van der Waals surface area contributed by atoms with Gasteiger partial charge in [-0.25, -0.2) is 0 Å². The number of ketones is 1. The number of benzene rings is 2. The molecule has 0 amide bonds. The zero-order chi connectivity index (χ0) is 13.0. The van der Waals surface area contributed by atoms with Crippen molar-refractivity contribution in [3.8, 4) is 0 Å². The average molecular weight is 303 g/mol. The normalized spacial score (nSPS) is 10.3. The maximum Gasteiger partial charge on any atom is 0.163 e. The summed E-state index contributed by atoms with van der Waals surface area (Å²) >= 11 is 3.56. The van der Waals surface area contributed by atoms with E-state index in [0.29, 0.717) is 6.42 Å². The highest BCUT2D eigenvalue weighted by molar-refractivity contribution is 9.10. The molecule has 2 aromatic rings. The highest BCUT2D eigenvalue weighted by Crippen LogP contribution is 2.25. The number of Topliss-reactive ketones (excluding diaryl/α,β-unsaturated/α-hetero) is 1. The molecular formula is C16H15BrO. The summed E-state index contributed by atoms with van der Waals surface area (Å²) < 4.78 is 0.931. The van der Waals surface area contributed by atoms with Crippen molar-refractivity contribution < 1.29 is 4.79 Å². The van der Waals surface area contributed by atoms with E-state index >= 15 is 0 Å². The molecule has 0 N–H and O–H groups in total. The molecule has 0 aliphatic heterocycles.